The van der Waals surface area contributed by atoms with Gasteiger partial charge in [0, 0.05) is 33.5 Å². The van der Waals surface area contributed by atoms with Gasteiger partial charge in [0.15, 0.2) is 0 Å². The molecule has 6 heteroatoms. The third kappa shape index (κ3) is 5.34. The van der Waals surface area contributed by atoms with E-state index in [0.29, 0.717) is 0 Å². The molecule has 56 heavy (non-hydrogen) atoms. The lowest BCUT2D eigenvalue weighted by molar-refractivity contribution is 0.738. The number of benzene rings is 4. The molecular weight excluding hydrogens is 685 g/mol. The number of rotatable bonds is 6. The van der Waals surface area contributed by atoms with Crippen LogP contribution in [0.25, 0.3) is 72.9 Å². The normalized spacial score (nSPS) is 15.7. The molecule has 0 amide bonds. The van der Waals surface area contributed by atoms with Gasteiger partial charge in [-0.1, -0.05) is 127 Å². The Morgan fingerprint density at radius 1 is 0.393 bits per heavy atom. The van der Waals surface area contributed by atoms with Crippen LogP contribution < -0.4 is 4.90 Å². The molecule has 1 aliphatic heterocycles. The Bertz CT molecular complexity index is 3000. The summed E-state index contributed by atoms with van der Waals surface area (Å²) in [6.07, 6.45) is 8.94. The lowest BCUT2D eigenvalue weighted by Crippen LogP contribution is -2.29. The highest BCUT2D eigenvalue weighted by Crippen LogP contribution is 2.50. The van der Waals surface area contributed by atoms with Gasteiger partial charge in [0.2, 0.25) is 0 Å². The van der Waals surface area contributed by atoms with Gasteiger partial charge >= 0.3 is 0 Å². The fraction of sp³-hybridized carbons (Fsp3) is 0.0400. The number of anilines is 2. The van der Waals surface area contributed by atoms with E-state index in [1.54, 1.807) is 0 Å². The second kappa shape index (κ2) is 13.1. The average Bonchev–Trinajstić information content (AvgIpc) is 3.78. The van der Waals surface area contributed by atoms with Crippen LogP contribution in [0, 0.1) is 0 Å². The van der Waals surface area contributed by atoms with E-state index in [1.807, 2.05) is 60.7 Å². The van der Waals surface area contributed by atoms with Crippen molar-refractivity contribution in [1.29, 1.82) is 0 Å². The van der Waals surface area contributed by atoms with Crippen molar-refractivity contribution in [2.75, 3.05) is 4.90 Å². The van der Waals surface area contributed by atoms with E-state index in [9.17, 15) is 0 Å². The van der Waals surface area contributed by atoms with Gasteiger partial charge in [0.1, 0.15) is 11.6 Å². The van der Waals surface area contributed by atoms with Crippen LogP contribution in [0.3, 0.4) is 0 Å². The molecule has 0 radical (unpaired) electrons. The molecule has 264 valence electrons. The number of aromatic nitrogens is 5. The Morgan fingerprint density at radius 2 is 0.929 bits per heavy atom. The van der Waals surface area contributed by atoms with Crippen molar-refractivity contribution in [3.63, 3.8) is 0 Å². The van der Waals surface area contributed by atoms with Crippen LogP contribution in [0.5, 0.6) is 0 Å². The molecule has 0 bridgehead atoms. The standard InChI is InChI=1S/C50H34N6/c1-3-15-33(16-4-1)39-21-11-23-41(51-39)43-25-13-29-49(53-43)55-45-27-9-7-19-35(45)37-32-48-38(31-47(37)55)36-20-8-10-28-46(36)56(48)50-30-14-26-44(54-50)42-24-12-22-40(52-42)34-17-5-2-6-18-34/h1-32,35,45H. The number of nitrogens with zero attached hydrogens (tertiary/aromatic N) is 6. The monoisotopic (exact) mass is 718 g/mol. The maximum absolute atomic E-state index is 5.29. The van der Waals surface area contributed by atoms with E-state index in [4.69, 9.17) is 19.9 Å². The maximum Gasteiger partial charge on any atom is 0.138 e. The second-order valence-corrected chi connectivity index (χ2v) is 14.2. The fourth-order valence-corrected chi connectivity index (χ4v) is 8.39. The predicted molar refractivity (Wildman–Crippen MR) is 227 cm³/mol. The number of pyridine rings is 4. The molecular formula is C50H34N6. The summed E-state index contributed by atoms with van der Waals surface area (Å²) in [6, 6.07) is 58.8. The summed E-state index contributed by atoms with van der Waals surface area (Å²) < 4.78 is 2.31. The van der Waals surface area contributed by atoms with Crippen LogP contribution in [0.2, 0.25) is 0 Å². The van der Waals surface area contributed by atoms with E-state index >= 15 is 0 Å². The molecule has 0 fully saturated rings. The van der Waals surface area contributed by atoms with Gasteiger partial charge in [-0.2, -0.15) is 0 Å². The quantitative estimate of drug-likeness (QED) is 0.171. The van der Waals surface area contributed by atoms with Crippen LogP contribution in [-0.2, 0) is 0 Å². The molecule has 2 atom stereocenters. The lowest BCUT2D eigenvalue weighted by atomic mass is 9.91. The molecule has 5 aromatic heterocycles. The zero-order valence-corrected chi connectivity index (χ0v) is 30.3. The first kappa shape index (κ1) is 32.0. The Labute approximate surface area is 324 Å². The summed E-state index contributed by atoms with van der Waals surface area (Å²) in [5, 5.41) is 2.34. The third-order valence-corrected chi connectivity index (χ3v) is 11.0. The van der Waals surface area contributed by atoms with Crippen molar-refractivity contribution < 1.29 is 0 Å². The molecule has 0 saturated carbocycles. The van der Waals surface area contributed by atoms with Crippen molar-refractivity contribution in [1.82, 2.24) is 24.5 Å². The number of hydrogen-bond acceptors (Lipinski definition) is 5. The number of fused-ring (bicyclic) bond motifs is 6. The summed E-state index contributed by atoms with van der Waals surface area (Å²) in [6.45, 7) is 0. The maximum atomic E-state index is 5.29. The Kier molecular flexibility index (Phi) is 7.52. The predicted octanol–water partition coefficient (Wildman–Crippen LogP) is 11.8. The minimum Gasteiger partial charge on any atom is -0.318 e. The van der Waals surface area contributed by atoms with Gasteiger partial charge in [-0.05, 0) is 72.3 Å². The van der Waals surface area contributed by atoms with Gasteiger partial charge < -0.3 is 4.90 Å². The topological polar surface area (TPSA) is 59.7 Å². The molecule has 0 saturated heterocycles. The highest BCUT2D eigenvalue weighted by Gasteiger charge is 2.39. The molecule has 0 spiro atoms. The first-order valence-electron chi connectivity index (χ1n) is 19.0. The molecule has 1 aliphatic carbocycles. The molecule has 6 nitrogen and oxygen atoms in total. The number of allylic oxidation sites excluding steroid dienone is 2. The number of hydrogen-bond donors (Lipinski definition) is 0. The van der Waals surface area contributed by atoms with Crippen LogP contribution in [0.15, 0.2) is 194 Å². The van der Waals surface area contributed by atoms with Crippen molar-refractivity contribution in [3.8, 4) is 51.1 Å². The lowest BCUT2D eigenvalue weighted by Gasteiger charge is -2.28. The highest BCUT2D eigenvalue weighted by molar-refractivity contribution is 6.11. The highest BCUT2D eigenvalue weighted by atomic mass is 15.2. The zero-order chi connectivity index (χ0) is 37.0. The molecule has 0 N–H and O–H groups in total. The summed E-state index contributed by atoms with van der Waals surface area (Å²) in [5.41, 5.74) is 12.0. The number of para-hydroxylation sites is 1. The SMILES string of the molecule is C1=CC2c3cc4c(cc3N(c3cccc(-c5cccc(-c6ccccc6)n5)n3)C2C=C1)c1ccccc1n4-c1cccc(-c2cccc(-c3ccccc3)n2)n1. The minimum atomic E-state index is 0.0806. The van der Waals surface area contributed by atoms with Crippen LogP contribution in [0.1, 0.15) is 11.5 Å². The van der Waals surface area contributed by atoms with Gasteiger partial charge in [-0.15, -0.1) is 0 Å². The Hall–Kier alpha value is -7.44. The van der Waals surface area contributed by atoms with Crippen molar-refractivity contribution in [2.45, 2.75) is 12.0 Å². The van der Waals surface area contributed by atoms with Crippen LogP contribution >= 0.6 is 0 Å². The first-order valence-corrected chi connectivity index (χ1v) is 19.0. The van der Waals surface area contributed by atoms with Gasteiger partial charge in [0.25, 0.3) is 0 Å². The van der Waals surface area contributed by atoms with Gasteiger partial charge in [-0.25, -0.2) is 19.9 Å². The largest absolute Gasteiger partial charge is 0.318 e. The molecule has 2 aliphatic rings. The molecule has 9 aromatic rings. The van der Waals surface area contributed by atoms with E-state index in [0.717, 1.165) is 73.6 Å². The van der Waals surface area contributed by atoms with Crippen LogP contribution in [-0.4, -0.2) is 30.5 Å². The summed E-state index contributed by atoms with van der Waals surface area (Å²) in [7, 11) is 0. The molecule has 4 aromatic carbocycles. The van der Waals surface area contributed by atoms with E-state index in [-0.39, 0.29) is 12.0 Å². The second-order valence-electron chi connectivity index (χ2n) is 14.2. The minimum absolute atomic E-state index is 0.0806. The third-order valence-electron chi connectivity index (χ3n) is 11.0. The molecule has 6 heterocycles. The van der Waals surface area contributed by atoms with E-state index < -0.39 is 0 Å². The van der Waals surface area contributed by atoms with Crippen molar-refractivity contribution >= 4 is 33.3 Å². The Morgan fingerprint density at radius 3 is 1.61 bits per heavy atom. The van der Waals surface area contributed by atoms with E-state index in [2.05, 4.69) is 143 Å². The van der Waals surface area contributed by atoms with Crippen LogP contribution in [0.4, 0.5) is 11.5 Å². The molecule has 11 rings (SSSR count). The van der Waals surface area contributed by atoms with Gasteiger partial charge in [-0.3, -0.25) is 4.57 Å². The summed E-state index contributed by atoms with van der Waals surface area (Å²) in [4.78, 5) is 23.0. The zero-order valence-electron chi connectivity index (χ0n) is 30.3. The first-order chi connectivity index (χ1) is 27.8. The van der Waals surface area contributed by atoms with E-state index in [1.165, 1.54) is 16.3 Å². The Balaban J connectivity index is 1.04. The average molecular weight is 719 g/mol. The smallest absolute Gasteiger partial charge is 0.138 e. The molecule has 2 unspecified atom stereocenters. The summed E-state index contributed by atoms with van der Waals surface area (Å²) in [5.74, 6) is 1.90. The van der Waals surface area contributed by atoms with Gasteiger partial charge in [0.05, 0.1) is 51.2 Å². The van der Waals surface area contributed by atoms with Crippen molar-refractivity contribution in [2.24, 2.45) is 0 Å². The fourth-order valence-electron chi connectivity index (χ4n) is 8.39. The van der Waals surface area contributed by atoms with Crippen molar-refractivity contribution in [3.05, 3.63) is 200 Å². The summed E-state index contributed by atoms with van der Waals surface area (Å²) >= 11 is 0.